The predicted molar refractivity (Wildman–Crippen MR) is 80.1 cm³/mol. The van der Waals surface area contributed by atoms with E-state index in [1.807, 2.05) is 43.3 Å². The second-order valence-electron chi connectivity index (χ2n) is 4.81. The Kier molecular flexibility index (Phi) is 3.27. The van der Waals surface area contributed by atoms with Crippen molar-refractivity contribution in [2.75, 3.05) is 19.0 Å². The van der Waals surface area contributed by atoms with Crippen LogP contribution in [0.15, 0.2) is 51.9 Å². The van der Waals surface area contributed by atoms with E-state index in [1.165, 1.54) is 6.07 Å². The molecule has 21 heavy (non-hydrogen) atoms. The quantitative estimate of drug-likeness (QED) is 0.796. The number of nitrogens with zero attached hydrogens (tertiary/aromatic N) is 3. The summed E-state index contributed by atoms with van der Waals surface area (Å²) in [5, 5.41) is 3.93. The van der Waals surface area contributed by atoms with Crippen molar-refractivity contribution in [2.45, 2.75) is 0 Å². The van der Waals surface area contributed by atoms with Gasteiger partial charge in [-0.1, -0.05) is 5.16 Å². The molecular formula is C15H14N4O2. The number of anilines is 1. The van der Waals surface area contributed by atoms with E-state index in [0.717, 1.165) is 11.3 Å². The van der Waals surface area contributed by atoms with Crippen LogP contribution >= 0.6 is 0 Å². The van der Waals surface area contributed by atoms with Gasteiger partial charge in [0, 0.05) is 43.2 Å². The van der Waals surface area contributed by atoms with E-state index in [9.17, 15) is 4.79 Å². The molecule has 106 valence electrons. The van der Waals surface area contributed by atoms with E-state index in [0.29, 0.717) is 17.3 Å². The molecule has 0 spiro atoms. The molecule has 3 aromatic rings. The molecular weight excluding hydrogens is 268 g/mol. The lowest BCUT2D eigenvalue weighted by molar-refractivity contribution is 0.432. The first-order valence-corrected chi connectivity index (χ1v) is 6.44. The zero-order valence-corrected chi connectivity index (χ0v) is 11.7. The van der Waals surface area contributed by atoms with Crippen molar-refractivity contribution in [3.8, 4) is 22.8 Å². The van der Waals surface area contributed by atoms with Gasteiger partial charge in [-0.05, 0) is 30.3 Å². The lowest BCUT2D eigenvalue weighted by Crippen LogP contribution is -2.07. The van der Waals surface area contributed by atoms with Crippen molar-refractivity contribution in [2.24, 2.45) is 0 Å². The lowest BCUT2D eigenvalue weighted by atomic mass is 10.2. The Morgan fingerprint density at radius 2 is 1.76 bits per heavy atom. The van der Waals surface area contributed by atoms with Gasteiger partial charge in [-0.25, -0.2) is 0 Å². The van der Waals surface area contributed by atoms with Crippen LogP contribution < -0.4 is 10.5 Å². The molecule has 2 aromatic heterocycles. The van der Waals surface area contributed by atoms with Crippen LogP contribution in [0, 0.1) is 0 Å². The van der Waals surface area contributed by atoms with Crippen LogP contribution in [-0.4, -0.2) is 29.2 Å². The molecule has 0 saturated carbocycles. The van der Waals surface area contributed by atoms with Crippen LogP contribution in [0.5, 0.6) is 0 Å². The third-order valence-corrected chi connectivity index (χ3v) is 3.10. The first-order chi connectivity index (χ1) is 10.1. The van der Waals surface area contributed by atoms with E-state index in [2.05, 4.69) is 15.1 Å². The van der Waals surface area contributed by atoms with Crippen molar-refractivity contribution in [1.82, 2.24) is 15.1 Å². The minimum Gasteiger partial charge on any atom is -0.378 e. The first-order valence-electron chi connectivity index (χ1n) is 6.44. The highest BCUT2D eigenvalue weighted by Crippen LogP contribution is 2.23. The van der Waals surface area contributed by atoms with E-state index < -0.39 is 0 Å². The molecule has 0 amide bonds. The van der Waals surface area contributed by atoms with Gasteiger partial charge >= 0.3 is 0 Å². The number of hydrogen-bond donors (Lipinski definition) is 1. The molecule has 0 atom stereocenters. The van der Waals surface area contributed by atoms with Gasteiger partial charge in [-0.15, -0.1) is 0 Å². The van der Waals surface area contributed by atoms with Crippen LogP contribution in [0.2, 0.25) is 0 Å². The van der Waals surface area contributed by atoms with Crippen molar-refractivity contribution in [1.29, 1.82) is 0 Å². The van der Waals surface area contributed by atoms with Gasteiger partial charge in [0.05, 0.1) is 0 Å². The Labute approximate surface area is 121 Å². The van der Waals surface area contributed by atoms with Crippen LogP contribution in [0.25, 0.3) is 22.8 Å². The van der Waals surface area contributed by atoms with Crippen molar-refractivity contribution >= 4 is 5.69 Å². The fraction of sp³-hybridized carbons (Fsp3) is 0.133. The van der Waals surface area contributed by atoms with E-state index in [-0.39, 0.29) is 5.56 Å². The molecule has 0 unspecified atom stereocenters. The SMILES string of the molecule is CN(C)c1ccc(-c2nc(-c3ccc(=O)[nH]c3)no2)cc1. The standard InChI is InChI=1S/C15H14N4O2/c1-19(2)12-6-3-10(4-7-12)15-17-14(18-21-15)11-5-8-13(20)16-9-11/h3-9H,1-2H3,(H,16,20). The van der Waals surface area contributed by atoms with Gasteiger partial charge in [0.2, 0.25) is 11.4 Å². The number of nitrogens with one attached hydrogen (secondary N) is 1. The Balaban J connectivity index is 1.90. The number of benzene rings is 1. The summed E-state index contributed by atoms with van der Waals surface area (Å²) in [5.41, 5.74) is 2.49. The summed E-state index contributed by atoms with van der Waals surface area (Å²) < 4.78 is 5.27. The van der Waals surface area contributed by atoms with E-state index in [1.54, 1.807) is 12.3 Å². The zero-order valence-electron chi connectivity index (χ0n) is 11.7. The van der Waals surface area contributed by atoms with E-state index >= 15 is 0 Å². The number of aromatic nitrogens is 3. The largest absolute Gasteiger partial charge is 0.378 e. The summed E-state index contributed by atoms with van der Waals surface area (Å²) in [7, 11) is 3.96. The fourth-order valence-corrected chi connectivity index (χ4v) is 1.91. The highest BCUT2D eigenvalue weighted by molar-refractivity contribution is 5.61. The summed E-state index contributed by atoms with van der Waals surface area (Å²) in [6.07, 6.45) is 1.56. The maximum atomic E-state index is 11.0. The minimum atomic E-state index is -0.165. The molecule has 3 rings (SSSR count). The Morgan fingerprint density at radius 1 is 1.05 bits per heavy atom. The smallest absolute Gasteiger partial charge is 0.258 e. The second-order valence-corrected chi connectivity index (χ2v) is 4.81. The highest BCUT2D eigenvalue weighted by Gasteiger charge is 2.10. The number of pyridine rings is 1. The summed E-state index contributed by atoms with van der Waals surface area (Å²) in [4.78, 5) is 20.0. The average molecular weight is 282 g/mol. The number of H-pyrrole nitrogens is 1. The van der Waals surface area contributed by atoms with Crippen molar-refractivity contribution in [3.63, 3.8) is 0 Å². The molecule has 6 heteroatoms. The van der Waals surface area contributed by atoms with Crippen molar-refractivity contribution in [3.05, 3.63) is 52.9 Å². The summed E-state index contributed by atoms with van der Waals surface area (Å²) >= 11 is 0. The maximum Gasteiger partial charge on any atom is 0.258 e. The molecule has 0 aliphatic rings. The van der Waals surface area contributed by atoms with Gasteiger partial charge in [0.15, 0.2) is 0 Å². The summed E-state index contributed by atoms with van der Waals surface area (Å²) in [6, 6.07) is 10.9. The number of hydrogen-bond acceptors (Lipinski definition) is 5. The van der Waals surface area contributed by atoms with Gasteiger partial charge in [0.1, 0.15) is 0 Å². The first kappa shape index (κ1) is 13.1. The monoisotopic (exact) mass is 282 g/mol. The minimum absolute atomic E-state index is 0.165. The summed E-state index contributed by atoms with van der Waals surface area (Å²) in [6.45, 7) is 0. The molecule has 0 aliphatic carbocycles. The molecule has 0 bridgehead atoms. The summed E-state index contributed by atoms with van der Waals surface area (Å²) in [5.74, 6) is 0.888. The van der Waals surface area contributed by atoms with Gasteiger partial charge in [0.25, 0.3) is 5.89 Å². The third-order valence-electron chi connectivity index (χ3n) is 3.10. The normalized spacial score (nSPS) is 10.6. The molecule has 2 heterocycles. The Hall–Kier alpha value is -2.89. The number of rotatable bonds is 3. The van der Waals surface area contributed by atoms with Crippen LogP contribution in [0.1, 0.15) is 0 Å². The molecule has 6 nitrogen and oxygen atoms in total. The van der Waals surface area contributed by atoms with Gasteiger partial charge < -0.3 is 14.4 Å². The third kappa shape index (κ3) is 2.69. The van der Waals surface area contributed by atoms with Crippen LogP contribution in [0.3, 0.4) is 0 Å². The second kappa shape index (κ2) is 5.24. The maximum absolute atomic E-state index is 11.0. The van der Waals surface area contributed by atoms with E-state index in [4.69, 9.17) is 4.52 Å². The lowest BCUT2D eigenvalue weighted by Gasteiger charge is -2.11. The molecule has 1 aromatic carbocycles. The molecule has 0 saturated heterocycles. The molecule has 0 radical (unpaired) electrons. The topological polar surface area (TPSA) is 75.0 Å². The Morgan fingerprint density at radius 3 is 2.38 bits per heavy atom. The van der Waals surface area contributed by atoms with Gasteiger partial charge in [-0.3, -0.25) is 4.79 Å². The van der Waals surface area contributed by atoms with Crippen LogP contribution in [0.4, 0.5) is 5.69 Å². The zero-order chi connectivity index (χ0) is 14.8. The highest BCUT2D eigenvalue weighted by atomic mass is 16.5. The number of aromatic amines is 1. The van der Waals surface area contributed by atoms with Crippen molar-refractivity contribution < 1.29 is 4.52 Å². The van der Waals surface area contributed by atoms with Gasteiger partial charge in [-0.2, -0.15) is 4.98 Å². The Bertz CT molecular complexity index is 783. The molecule has 0 fully saturated rings. The predicted octanol–water partition coefficient (Wildman–Crippen LogP) is 2.16. The fourth-order valence-electron chi connectivity index (χ4n) is 1.91. The molecule has 0 aliphatic heterocycles. The average Bonchev–Trinajstić information content (AvgIpc) is 2.98. The van der Waals surface area contributed by atoms with Crippen LogP contribution in [-0.2, 0) is 0 Å². The molecule has 1 N–H and O–H groups in total.